The maximum absolute atomic E-state index is 14.4. The van der Waals surface area contributed by atoms with E-state index in [2.05, 4.69) is 33.8 Å². The van der Waals surface area contributed by atoms with Crippen LogP contribution in [0.5, 0.6) is 11.5 Å². The highest BCUT2D eigenvalue weighted by Gasteiger charge is 2.63. The Bertz CT molecular complexity index is 2040. The van der Waals surface area contributed by atoms with Gasteiger partial charge >= 0.3 is 6.09 Å². The Morgan fingerprint density at radius 3 is 2.46 bits per heavy atom. The molecule has 4 aliphatic rings. The van der Waals surface area contributed by atoms with Crippen LogP contribution >= 0.6 is 0 Å². The number of carboxylic acid groups (broad SMARTS) is 1. The maximum atomic E-state index is 14.4. The molecule has 0 spiro atoms. The van der Waals surface area contributed by atoms with Gasteiger partial charge in [-0.05, 0) is 49.7 Å². The lowest BCUT2D eigenvalue weighted by atomic mass is 9.85. The summed E-state index contributed by atoms with van der Waals surface area (Å²) in [6.07, 6.45) is 2.87. The second kappa shape index (κ2) is 14.4. The molecule has 4 N–H and O–H groups in total. The number of pyridine rings is 1. The van der Waals surface area contributed by atoms with E-state index in [1.165, 1.54) is 11.0 Å². The number of amides is 4. The number of aromatic nitrogens is 1. The van der Waals surface area contributed by atoms with Gasteiger partial charge in [-0.15, -0.1) is 18.4 Å². The van der Waals surface area contributed by atoms with Crippen molar-refractivity contribution in [1.29, 1.82) is 0 Å². The van der Waals surface area contributed by atoms with Crippen molar-refractivity contribution in [3.05, 3.63) is 42.6 Å². The average Bonchev–Trinajstić information content (AvgIpc) is 4.02. The minimum Gasteiger partial charge on any atom is -0.497 e. The van der Waals surface area contributed by atoms with Crippen LogP contribution in [-0.2, 0) is 24.4 Å². The zero-order valence-electron chi connectivity index (χ0n) is 31.4. The summed E-state index contributed by atoms with van der Waals surface area (Å²) in [5, 5.41) is 15.5. The molecule has 2 heterocycles. The first-order valence-electron chi connectivity index (χ1n) is 18.4. The van der Waals surface area contributed by atoms with Gasteiger partial charge in [0.25, 0.3) is 5.91 Å². The predicted molar refractivity (Wildman–Crippen MR) is 200 cm³/mol. The lowest BCUT2D eigenvalue weighted by molar-refractivity contribution is -0.142. The van der Waals surface area contributed by atoms with E-state index in [4.69, 9.17) is 14.5 Å². The third-order valence-corrected chi connectivity index (χ3v) is 13.0. The number of likely N-dealkylation sites (tertiary alicyclic amines) is 1. The smallest absolute Gasteiger partial charge is 0.405 e. The van der Waals surface area contributed by atoms with E-state index < -0.39 is 73.6 Å². The second-order valence-corrected chi connectivity index (χ2v) is 18.0. The Labute approximate surface area is 315 Å². The highest BCUT2D eigenvalue weighted by molar-refractivity contribution is 7.91. The summed E-state index contributed by atoms with van der Waals surface area (Å²) in [5.41, 5.74) is -0.964. The summed E-state index contributed by atoms with van der Waals surface area (Å²) in [6.45, 7) is 10.7. The third kappa shape index (κ3) is 7.71. The maximum Gasteiger partial charge on any atom is 0.405 e. The summed E-state index contributed by atoms with van der Waals surface area (Å²) in [7, 11) is -2.57. The van der Waals surface area contributed by atoms with Crippen LogP contribution in [-0.4, -0.2) is 89.4 Å². The average molecular weight is 764 g/mol. The monoisotopic (exact) mass is 763 g/mol. The Morgan fingerprint density at radius 1 is 1.17 bits per heavy atom. The highest BCUT2D eigenvalue weighted by Crippen LogP contribution is 2.49. The normalized spacial score (nSPS) is 24.7. The van der Waals surface area contributed by atoms with Crippen molar-refractivity contribution in [3.8, 4) is 23.3 Å². The molecule has 290 valence electrons. The predicted octanol–water partition coefficient (Wildman–Crippen LogP) is 3.99. The number of hydrogen-bond donors (Lipinski definition) is 4. The van der Waals surface area contributed by atoms with E-state index in [1.54, 1.807) is 33.9 Å². The van der Waals surface area contributed by atoms with Crippen LogP contribution in [0.1, 0.15) is 90.7 Å². The third-order valence-electron chi connectivity index (χ3n) is 10.9. The molecule has 0 bridgehead atoms. The van der Waals surface area contributed by atoms with Crippen molar-refractivity contribution >= 4 is 44.7 Å². The molecule has 14 nitrogen and oxygen atoms in total. The van der Waals surface area contributed by atoms with Gasteiger partial charge in [0, 0.05) is 54.3 Å². The largest absolute Gasteiger partial charge is 0.497 e. The molecule has 0 radical (unpaired) electrons. The van der Waals surface area contributed by atoms with Crippen molar-refractivity contribution in [2.24, 2.45) is 11.3 Å². The molecule has 1 aromatic carbocycles. The van der Waals surface area contributed by atoms with Crippen molar-refractivity contribution in [2.45, 2.75) is 113 Å². The van der Waals surface area contributed by atoms with Crippen LogP contribution in [0, 0.1) is 23.2 Å². The van der Waals surface area contributed by atoms with Crippen molar-refractivity contribution in [3.63, 3.8) is 0 Å². The fourth-order valence-corrected chi connectivity index (χ4v) is 8.73. The van der Waals surface area contributed by atoms with Crippen LogP contribution in [0.3, 0.4) is 0 Å². The zero-order valence-corrected chi connectivity index (χ0v) is 32.2. The molecule has 4 fully saturated rings. The molecular weight excluding hydrogens is 715 g/mol. The van der Waals surface area contributed by atoms with Crippen LogP contribution < -0.4 is 24.8 Å². The van der Waals surface area contributed by atoms with Gasteiger partial charge < -0.3 is 30.1 Å². The summed E-state index contributed by atoms with van der Waals surface area (Å²) in [5.74, 6) is 4.42. The first-order chi connectivity index (χ1) is 25.5. The van der Waals surface area contributed by atoms with Crippen molar-refractivity contribution in [1.82, 2.24) is 25.2 Å². The molecule has 5 atom stereocenters. The van der Waals surface area contributed by atoms with Crippen LogP contribution in [0.2, 0.25) is 0 Å². The molecule has 54 heavy (non-hydrogen) atoms. The fourth-order valence-electron chi connectivity index (χ4n) is 7.19. The number of rotatable bonds is 13. The van der Waals surface area contributed by atoms with Gasteiger partial charge in [-0.25, -0.2) is 13.2 Å². The number of carbonyl (C=O) groups is 4. The van der Waals surface area contributed by atoms with Gasteiger partial charge in [-0.3, -0.25) is 24.1 Å². The molecule has 1 aliphatic heterocycles. The number of nitrogens with zero attached hydrogens (tertiary/aromatic N) is 2. The van der Waals surface area contributed by atoms with Crippen LogP contribution in [0.4, 0.5) is 4.79 Å². The quantitative estimate of drug-likeness (QED) is 0.171. The van der Waals surface area contributed by atoms with E-state index in [9.17, 15) is 32.7 Å². The minimum absolute atomic E-state index is 0.00814. The summed E-state index contributed by atoms with van der Waals surface area (Å²) in [6, 6.07) is 4.91. The molecule has 1 saturated heterocycles. The lowest BCUT2D eigenvalue weighted by Crippen LogP contribution is -2.60. The first kappa shape index (κ1) is 38.9. The molecule has 6 rings (SSSR count). The number of ether oxygens (including phenoxy) is 2. The Balaban J connectivity index is 1.29. The fraction of sp³-hybridized carbons (Fsp3) is 0.564. The zero-order chi connectivity index (χ0) is 39.2. The first-order valence-corrected chi connectivity index (χ1v) is 19.9. The van der Waals surface area contributed by atoms with E-state index in [0.29, 0.717) is 47.6 Å². The molecule has 15 heteroatoms. The highest BCUT2D eigenvalue weighted by atomic mass is 32.2. The molecule has 3 aliphatic carbocycles. The number of nitrogens with one attached hydrogen (secondary N) is 3. The van der Waals surface area contributed by atoms with Crippen molar-refractivity contribution < 1.29 is 42.2 Å². The van der Waals surface area contributed by atoms with E-state index >= 15 is 0 Å². The molecule has 1 aromatic heterocycles. The minimum atomic E-state index is -4.14. The van der Waals surface area contributed by atoms with Gasteiger partial charge in [0.15, 0.2) is 0 Å². The topological polar surface area (TPSA) is 193 Å². The van der Waals surface area contributed by atoms with Gasteiger partial charge in [-0.2, -0.15) is 0 Å². The standard InChI is InChI=1S/C39H49N5O9S/c1-7-9-10-15-38(16-17-38)54(50,51)43-35(47)39(21-24(39)8-2)42-33(45)30-19-26(22-44(30)34(46)32(37(3,4)5)41-36(48)49)53-31-20-28(23-11-12-23)40-29-18-25(52-6)13-14-27(29)31/h8,13-14,18,20,23-24,26,30,32,41H,2,7,11-12,15-17,19,21-22H2,1,3-6H3,(H,42,45)(H,43,47)(H,48,49). The Kier molecular flexibility index (Phi) is 10.4. The number of fused-ring (bicyclic) bond motifs is 1. The van der Waals surface area contributed by atoms with Gasteiger partial charge in [0.05, 0.1) is 19.2 Å². The van der Waals surface area contributed by atoms with Crippen molar-refractivity contribution in [2.75, 3.05) is 13.7 Å². The number of sulfonamides is 1. The van der Waals surface area contributed by atoms with Gasteiger partial charge in [-0.1, -0.05) is 33.8 Å². The Hall–Kier alpha value is -4.84. The van der Waals surface area contributed by atoms with Crippen LogP contribution in [0.15, 0.2) is 36.9 Å². The molecule has 3 saturated carbocycles. The summed E-state index contributed by atoms with van der Waals surface area (Å²) in [4.78, 5) is 60.4. The Morgan fingerprint density at radius 2 is 1.89 bits per heavy atom. The molecular formula is C39H49N5O9S. The number of methoxy groups -OCH3 is 1. The number of hydrogen-bond acceptors (Lipinski definition) is 9. The van der Waals surface area contributed by atoms with Gasteiger partial charge in [0.2, 0.25) is 21.8 Å². The molecule has 5 unspecified atom stereocenters. The lowest BCUT2D eigenvalue weighted by Gasteiger charge is -2.35. The number of benzene rings is 1. The summed E-state index contributed by atoms with van der Waals surface area (Å²) >= 11 is 0. The van der Waals surface area contributed by atoms with E-state index in [1.807, 2.05) is 25.1 Å². The number of carbonyl (C=O) groups excluding carboxylic acids is 3. The van der Waals surface area contributed by atoms with Gasteiger partial charge in [0.1, 0.15) is 40.0 Å². The van der Waals surface area contributed by atoms with E-state index in [0.717, 1.165) is 18.5 Å². The molecule has 4 amide bonds. The second-order valence-electron chi connectivity index (χ2n) is 15.9. The van der Waals surface area contributed by atoms with E-state index in [-0.39, 0.29) is 25.8 Å². The van der Waals surface area contributed by atoms with Crippen LogP contribution in [0.25, 0.3) is 10.9 Å². The molecule has 2 aromatic rings. The summed E-state index contributed by atoms with van der Waals surface area (Å²) < 4.78 is 40.0. The SMILES string of the molecule is C=CC1CC1(NC(=O)C1CC(Oc2cc(C3CC3)nc3cc(OC)ccc23)CN1C(=O)C(NC(=O)O)C(C)(C)C)C(=O)NS(=O)(=O)C1(CC#CCC)CC1.